The standard InChI is InChI=1S/C22H18F2N2O2S2/c23-15-5-8-18(9-6-15)29-12-2-4-21(27)26(14-17-3-1-11-28-17)22-25-19-10-7-16(24)13-20(19)30-22/h1,3,5-11,13H,2,4,12,14H2. The third-order valence-corrected chi connectivity index (χ3v) is 6.52. The van der Waals surface area contributed by atoms with E-state index in [1.807, 2.05) is 0 Å². The number of amides is 1. The van der Waals surface area contributed by atoms with Gasteiger partial charge in [0.2, 0.25) is 5.91 Å². The Kier molecular flexibility index (Phi) is 6.44. The molecule has 2 aromatic carbocycles. The fraction of sp³-hybridized carbons (Fsp3) is 0.182. The van der Waals surface area contributed by atoms with E-state index in [1.54, 1.807) is 53.3 Å². The third kappa shape index (κ3) is 5.06. The zero-order valence-electron chi connectivity index (χ0n) is 15.9. The number of benzene rings is 2. The first-order valence-corrected chi connectivity index (χ1v) is 11.2. The lowest BCUT2D eigenvalue weighted by atomic mass is 10.3. The highest BCUT2D eigenvalue weighted by Crippen LogP contribution is 2.31. The number of halogens is 2. The molecule has 0 aliphatic rings. The molecular weight excluding hydrogens is 426 g/mol. The largest absolute Gasteiger partial charge is 0.467 e. The minimum atomic E-state index is -0.334. The van der Waals surface area contributed by atoms with Crippen LogP contribution in [0, 0.1) is 11.6 Å². The highest BCUT2D eigenvalue weighted by Gasteiger charge is 2.21. The molecule has 0 spiro atoms. The number of carbonyl (C=O) groups excluding carboxylic acids is 1. The molecule has 0 fully saturated rings. The lowest BCUT2D eigenvalue weighted by Crippen LogP contribution is -2.30. The summed E-state index contributed by atoms with van der Waals surface area (Å²) in [7, 11) is 0. The lowest BCUT2D eigenvalue weighted by molar-refractivity contribution is -0.118. The van der Waals surface area contributed by atoms with E-state index in [0.717, 1.165) is 10.6 Å². The molecule has 4 rings (SSSR count). The lowest BCUT2D eigenvalue weighted by Gasteiger charge is -2.18. The van der Waals surface area contributed by atoms with Gasteiger partial charge in [-0.1, -0.05) is 11.3 Å². The number of thiazole rings is 1. The molecule has 1 amide bonds. The number of nitrogens with zero attached hydrogens (tertiary/aromatic N) is 2. The highest BCUT2D eigenvalue weighted by atomic mass is 32.2. The molecule has 8 heteroatoms. The summed E-state index contributed by atoms with van der Waals surface area (Å²) in [6.07, 6.45) is 2.55. The molecule has 2 heterocycles. The van der Waals surface area contributed by atoms with Crippen molar-refractivity contribution in [3.05, 3.63) is 78.3 Å². The van der Waals surface area contributed by atoms with Crippen molar-refractivity contribution in [3.63, 3.8) is 0 Å². The molecule has 0 saturated heterocycles. The number of thioether (sulfide) groups is 1. The number of furan rings is 1. The van der Waals surface area contributed by atoms with Gasteiger partial charge in [-0.3, -0.25) is 9.69 Å². The summed E-state index contributed by atoms with van der Waals surface area (Å²) in [5, 5.41) is 0.517. The molecule has 2 aromatic heterocycles. The summed E-state index contributed by atoms with van der Waals surface area (Å²) >= 11 is 2.86. The number of rotatable bonds is 8. The molecule has 0 radical (unpaired) electrons. The third-order valence-electron chi connectivity index (χ3n) is 4.38. The number of hydrogen-bond donors (Lipinski definition) is 0. The van der Waals surface area contributed by atoms with Crippen molar-refractivity contribution in [3.8, 4) is 0 Å². The van der Waals surface area contributed by atoms with E-state index < -0.39 is 0 Å². The van der Waals surface area contributed by atoms with Gasteiger partial charge in [-0.2, -0.15) is 0 Å². The molecule has 4 nitrogen and oxygen atoms in total. The Hall–Kier alpha value is -2.71. The minimum absolute atomic E-state index is 0.0781. The number of hydrogen-bond acceptors (Lipinski definition) is 5. The van der Waals surface area contributed by atoms with Crippen molar-refractivity contribution in [1.82, 2.24) is 4.98 Å². The molecule has 0 aliphatic heterocycles. The molecule has 4 aromatic rings. The van der Waals surface area contributed by atoms with Gasteiger partial charge in [0.05, 0.1) is 23.0 Å². The summed E-state index contributed by atoms with van der Waals surface area (Å²) in [6, 6.07) is 14.3. The molecule has 0 atom stereocenters. The first-order chi connectivity index (χ1) is 14.6. The molecule has 0 bridgehead atoms. The smallest absolute Gasteiger partial charge is 0.229 e. The molecule has 30 heavy (non-hydrogen) atoms. The van der Waals surface area contributed by atoms with Gasteiger partial charge in [0, 0.05) is 11.3 Å². The van der Waals surface area contributed by atoms with Crippen LogP contribution in [0.1, 0.15) is 18.6 Å². The highest BCUT2D eigenvalue weighted by molar-refractivity contribution is 7.99. The molecule has 0 saturated carbocycles. The maximum atomic E-state index is 13.5. The fourth-order valence-corrected chi connectivity index (χ4v) is 4.76. The zero-order valence-corrected chi connectivity index (χ0v) is 17.5. The van der Waals surface area contributed by atoms with E-state index in [1.165, 1.54) is 35.6 Å². The van der Waals surface area contributed by atoms with Crippen LogP contribution >= 0.6 is 23.1 Å². The number of anilines is 1. The van der Waals surface area contributed by atoms with Crippen molar-refractivity contribution in [2.45, 2.75) is 24.3 Å². The molecular formula is C22H18F2N2O2S2. The van der Waals surface area contributed by atoms with Crippen LogP contribution in [0.3, 0.4) is 0 Å². The normalized spacial score (nSPS) is 11.1. The van der Waals surface area contributed by atoms with Crippen molar-refractivity contribution >= 4 is 44.4 Å². The summed E-state index contributed by atoms with van der Waals surface area (Å²) in [5.41, 5.74) is 0.653. The van der Waals surface area contributed by atoms with Crippen LogP contribution in [0.5, 0.6) is 0 Å². The van der Waals surface area contributed by atoms with Crippen LogP contribution in [0.4, 0.5) is 13.9 Å². The predicted octanol–water partition coefficient (Wildman–Crippen LogP) is 6.27. The number of aromatic nitrogens is 1. The van der Waals surface area contributed by atoms with Crippen molar-refractivity contribution in [2.24, 2.45) is 0 Å². The quantitative estimate of drug-likeness (QED) is 0.237. The molecule has 0 aliphatic carbocycles. The van der Waals surface area contributed by atoms with Crippen molar-refractivity contribution in [2.75, 3.05) is 10.7 Å². The molecule has 154 valence electrons. The minimum Gasteiger partial charge on any atom is -0.467 e. The van der Waals surface area contributed by atoms with Gasteiger partial charge in [-0.05, 0) is 66.8 Å². The summed E-state index contributed by atoms with van der Waals surface area (Å²) < 4.78 is 32.6. The van der Waals surface area contributed by atoms with Gasteiger partial charge in [-0.25, -0.2) is 13.8 Å². The summed E-state index contributed by atoms with van der Waals surface area (Å²) in [5.74, 6) is 0.704. The predicted molar refractivity (Wildman–Crippen MR) is 116 cm³/mol. The first kappa shape index (κ1) is 20.6. The molecule has 0 unspecified atom stereocenters. The monoisotopic (exact) mass is 444 g/mol. The zero-order chi connectivity index (χ0) is 20.9. The Morgan fingerprint density at radius 3 is 2.67 bits per heavy atom. The van der Waals surface area contributed by atoms with Crippen LogP contribution in [0.2, 0.25) is 0 Å². The van der Waals surface area contributed by atoms with Gasteiger partial charge >= 0.3 is 0 Å². The second-order valence-electron chi connectivity index (χ2n) is 6.57. The van der Waals surface area contributed by atoms with E-state index in [0.29, 0.717) is 34.0 Å². The summed E-state index contributed by atoms with van der Waals surface area (Å²) in [4.78, 5) is 20.1. The van der Waals surface area contributed by atoms with E-state index >= 15 is 0 Å². The van der Waals surface area contributed by atoms with Crippen LogP contribution < -0.4 is 4.90 Å². The first-order valence-electron chi connectivity index (χ1n) is 9.36. The fourth-order valence-electron chi connectivity index (χ4n) is 2.90. The van der Waals surface area contributed by atoms with Crippen molar-refractivity contribution < 1.29 is 18.0 Å². The van der Waals surface area contributed by atoms with E-state index in [4.69, 9.17) is 4.42 Å². The van der Waals surface area contributed by atoms with Gasteiger partial charge in [0.15, 0.2) is 5.13 Å². The van der Waals surface area contributed by atoms with E-state index in [-0.39, 0.29) is 24.1 Å². The second kappa shape index (κ2) is 9.40. The second-order valence-corrected chi connectivity index (χ2v) is 8.75. The average Bonchev–Trinajstić information content (AvgIpc) is 3.39. The van der Waals surface area contributed by atoms with E-state index in [2.05, 4.69) is 4.98 Å². The van der Waals surface area contributed by atoms with Crippen molar-refractivity contribution in [1.29, 1.82) is 0 Å². The van der Waals surface area contributed by atoms with Crippen LogP contribution in [-0.2, 0) is 11.3 Å². The Morgan fingerprint density at radius 1 is 1.10 bits per heavy atom. The van der Waals surface area contributed by atoms with Gasteiger partial charge in [0.25, 0.3) is 0 Å². The Labute approximate surface area is 180 Å². The van der Waals surface area contributed by atoms with Crippen LogP contribution in [0.15, 0.2) is 70.2 Å². The van der Waals surface area contributed by atoms with E-state index in [9.17, 15) is 13.6 Å². The number of fused-ring (bicyclic) bond motifs is 1. The maximum absolute atomic E-state index is 13.5. The maximum Gasteiger partial charge on any atom is 0.229 e. The average molecular weight is 445 g/mol. The number of carbonyl (C=O) groups is 1. The summed E-state index contributed by atoms with van der Waals surface area (Å²) in [6.45, 7) is 0.263. The van der Waals surface area contributed by atoms with Gasteiger partial charge < -0.3 is 4.42 Å². The van der Waals surface area contributed by atoms with Gasteiger partial charge in [0.1, 0.15) is 17.4 Å². The Bertz CT molecular complexity index is 1130. The van der Waals surface area contributed by atoms with Crippen LogP contribution in [-0.4, -0.2) is 16.6 Å². The topological polar surface area (TPSA) is 46.3 Å². The Balaban J connectivity index is 1.44. The van der Waals surface area contributed by atoms with Crippen LogP contribution in [0.25, 0.3) is 10.2 Å². The van der Waals surface area contributed by atoms with Gasteiger partial charge in [-0.15, -0.1) is 11.8 Å². The molecule has 0 N–H and O–H groups in total. The Morgan fingerprint density at radius 2 is 1.90 bits per heavy atom. The SMILES string of the molecule is O=C(CCCSc1ccc(F)cc1)N(Cc1ccco1)c1nc2ccc(F)cc2s1.